The van der Waals surface area contributed by atoms with Gasteiger partial charge >= 0.3 is 18.5 Å². The van der Waals surface area contributed by atoms with Crippen LogP contribution in [0.25, 0.3) is 0 Å². The Morgan fingerprint density at radius 3 is 2.34 bits per heavy atom. The third kappa shape index (κ3) is 6.21. The van der Waals surface area contributed by atoms with Crippen LogP contribution in [0, 0.1) is 12.7 Å². The van der Waals surface area contributed by atoms with Crippen molar-refractivity contribution in [2.75, 3.05) is 0 Å². The highest BCUT2D eigenvalue weighted by Crippen LogP contribution is 2.51. The molecule has 2 aliphatic heterocycles. The van der Waals surface area contributed by atoms with Crippen LogP contribution in [0.4, 0.5) is 43.9 Å². The Labute approximate surface area is 228 Å². The minimum Gasteiger partial charge on any atom is -0.374 e. The highest BCUT2D eigenvalue weighted by Gasteiger charge is 2.64. The first kappa shape index (κ1) is 30.4. The molecule has 0 saturated heterocycles. The molecular weight excluding hydrogens is 604 g/mol. The Morgan fingerprint density at radius 2 is 1.76 bits per heavy atom. The van der Waals surface area contributed by atoms with Crippen LogP contribution < -0.4 is 5.32 Å². The molecule has 41 heavy (non-hydrogen) atoms. The molecule has 2 aromatic rings. The molecule has 0 aliphatic carbocycles. The van der Waals surface area contributed by atoms with Crippen LogP contribution >= 0.6 is 11.6 Å². The maximum absolute atomic E-state index is 14.8. The van der Waals surface area contributed by atoms with Crippen LogP contribution in [0.3, 0.4) is 0 Å². The number of alkyl halides is 9. The van der Waals surface area contributed by atoms with Gasteiger partial charge in [0.2, 0.25) is 6.23 Å². The molecule has 4 rings (SSSR count). The minimum atomic E-state index is -5.45. The maximum Gasteiger partial charge on any atom is 0.435 e. The molecule has 6 nitrogen and oxygen atoms in total. The van der Waals surface area contributed by atoms with E-state index in [-0.39, 0.29) is 41.0 Å². The second-order valence-corrected chi connectivity index (χ2v) is 9.61. The van der Waals surface area contributed by atoms with Crippen molar-refractivity contribution in [1.29, 1.82) is 0 Å². The Kier molecular flexibility index (Phi) is 7.69. The van der Waals surface area contributed by atoms with Crippen molar-refractivity contribution < 1.29 is 58.4 Å². The first-order valence-corrected chi connectivity index (χ1v) is 11.8. The molecule has 2 atom stereocenters. The smallest absolute Gasteiger partial charge is 0.374 e. The van der Waals surface area contributed by atoms with E-state index < -0.39 is 76.8 Å². The number of rotatable bonds is 5. The zero-order valence-electron chi connectivity index (χ0n) is 20.4. The second-order valence-electron chi connectivity index (χ2n) is 9.20. The Hall–Kier alpha value is -3.56. The minimum absolute atomic E-state index is 0.0288. The molecular formula is C24H16ClF10N3O3. The summed E-state index contributed by atoms with van der Waals surface area (Å²) in [6.07, 6.45) is -19.2. The summed E-state index contributed by atoms with van der Waals surface area (Å²) >= 11 is 5.49. The van der Waals surface area contributed by atoms with E-state index in [1.165, 1.54) is 19.1 Å². The fraction of sp³-hybridized carbons (Fsp3) is 0.375. The topological polar surface area (TPSA) is 72.3 Å². The monoisotopic (exact) mass is 619 g/mol. The molecule has 0 bridgehead atoms. The molecule has 1 N–H and O–H groups in total. The highest BCUT2D eigenvalue weighted by molar-refractivity contribution is 6.30. The summed E-state index contributed by atoms with van der Waals surface area (Å²) in [5, 5.41) is 7.80. The Bertz CT molecular complexity index is 1440. The summed E-state index contributed by atoms with van der Waals surface area (Å²) in [6, 6.07) is 3.66. The molecule has 0 radical (unpaired) electrons. The van der Waals surface area contributed by atoms with Crippen LogP contribution in [-0.4, -0.2) is 35.9 Å². The molecule has 0 spiro atoms. The summed E-state index contributed by atoms with van der Waals surface area (Å²) < 4.78 is 135. The molecule has 0 unspecified atom stereocenters. The zero-order valence-corrected chi connectivity index (χ0v) is 21.1. The quantitative estimate of drug-likeness (QED) is 0.361. The SMILES string of the molecule is Cc1cc(C2=NO[C@@](c3cc(C(F)(F)F)cc(Cl)c3F)(C(F)(F)F)C2)ccc1C(=O)N[C@H]1CC(CC(F)(F)F)=NO1. The fourth-order valence-electron chi connectivity index (χ4n) is 4.25. The average molecular weight is 620 g/mol. The van der Waals surface area contributed by atoms with Gasteiger partial charge in [0.25, 0.3) is 11.5 Å². The number of hydrogen-bond donors (Lipinski definition) is 1. The number of carbonyl (C=O) groups is 1. The number of halogens is 11. The number of amides is 1. The Balaban J connectivity index is 1.56. The maximum atomic E-state index is 14.8. The molecule has 2 aromatic carbocycles. The standard InChI is InChI=1S/C24H16ClF10N3O3/c1-10-4-11(2-3-14(10)20(39)36-18-7-13(37-40-18)8-22(27,28)29)17-9-21(41-38-17,24(33,34)35)15-5-12(23(30,31)32)6-16(25)19(15)26/h2-6,18H,7-9H2,1H3,(H,36,39)/t18-,21+/m1/s1. The van der Waals surface area contributed by atoms with Crippen molar-refractivity contribution in [3.05, 3.63) is 69.0 Å². The summed E-state index contributed by atoms with van der Waals surface area (Å²) in [5.41, 5.74) is -7.43. The molecule has 2 aliphatic rings. The fourth-order valence-corrected chi connectivity index (χ4v) is 4.46. The van der Waals surface area contributed by atoms with Gasteiger partial charge in [0, 0.05) is 17.5 Å². The molecule has 1 amide bonds. The number of nitrogens with zero attached hydrogens (tertiary/aromatic N) is 2. The lowest BCUT2D eigenvalue weighted by atomic mass is 9.85. The van der Waals surface area contributed by atoms with Gasteiger partial charge in [-0.1, -0.05) is 28.0 Å². The van der Waals surface area contributed by atoms with Gasteiger partial charge in [-0.3, -0.25) is 4.79 Å². The van der Waals surface area contributed by atoms with Crippen LogP contribution in [0.15, 0.2) is 40.6 Å². The van der Waals surface area contributed by atoms with Gasteiger partial charge in [0.1, 0.15) is 5.82 Å². The molecule has 222 valence electrons. The van der Waals surface area contributed by atoms with E-state index in [9.17, 15) is 48.7 Å². The van der Waals surface area contributed by atoms with E-state index in [0.717, 1.165) is 6.07 Å². The van der Waals surface area contributed by atoms with Crippen LogP contribution in [0.2, 0.25) is 5.02 Å². The third-order valence-electron chi connectivity index (χ3n) is 6.21. The van der Waals surface area contributed by atoms with Gasteiger partial charge in [-0.25, -0.2) is 4.39 Å². The second kappa shape index (κ2) is 10.4. The highest BCUT2D eigenvalue weighted by atomic mass is 35.5. The number of hydrogen-bond acceptors (Lipinski definition) is 5. The summed E-state index contributed by atoms with van der Waals surface area (Å²) in [5.74, 6) is -2.56. The van der Waals surface area contributed by atoms with Crippen LogP contribution in [0.1, 0.15) is 51.9 Å². The van der Waals surface area contributed by atoms with Crippen LogP contribution in [0.5, 0.6) is 0 Å². The predicted octanol–water partition coefficient (Wildman–Crippen LogP) is 7.17. The van der Waals surface area contributed by atoms with Gasteiger partial charge in [-0.15, -0.1) is 0 Å². The van der Waals surface area contributed by atoms with Crippen molar-refractivity contribution >= 4 is 28.9 Å². The molecule has 2 heterocycles. The van der Waals surface area contributed by atoms with E-state index in [1.54, 1.807) is 0 Å². The number of benzene rings is 2. The van der Waals surface area contributed by atoms with Crippen LogP contribution in [-0.2, 0) is 21.5 Å². The summed E-state index contributed by atoms with van der Waals surface area (Å²) in [6.45, 7) is 1.39. The van der Waals surface area contributed by atoms with Gasteiger partial charge in [-0.2, -0.15) is 39.5 Å². The number of aryl methyl sites for hydroxylation is 1. The van der Waals surface area contributed by atoms with E-state index in [0.29, 0.717) is 0 Å². The van der Waals surface area contributed by atoms with Gasteiger partial charge in [0.15, 0.2) is 0 Å². The van der Waals surface area contributed by atoms with E-state index in [4.69, 9.17) is 16.4 Å². The van der Waals surface area contributed by atoms with E-state index in [2.05, 4.69) is 20.5 Å². The average Bonchev–Trinajstić information content (AvgIpc) is 3.46. The number of nitrogens with one attached hydrogen (secondary N) is 1. The first-order chi connectivity index (χ1) is 18.8. The lowest BCUT2D eigenvalue weighted by molar-refractivity contribution is -0.276. The van der Waals surface area contributed by atoms with E-state index >= 15 is 0 Å². The number of carbonyl (C=O) groups excluding carboxylic acids is 1. The molecule has 0 fully saturated rings. The largest absolute Gasteiger partial charge is 0.435 e. The lowest BCUT2D eigenvalue weighted by Gasteiger charge is -2.30. The zero-order chi connectivity index (χ0) is 30.5. The molecule has 0 aromatic heterocycles. The van der Waals surface area contributed by atoms with Crippen molar-refractivity contribution in [3.63, 3.8) is 0 Å². The van der Waals surface area contributed by atoms with Gasteiger partial charge < -0.3 is 15.0 Å². The third-order valence-corrected chi connectivity index (χ3v) is 6.48. The molecule has 17 heteroatoms. The summed E-state index contributed by atoms with van der Waals surface area (Å²) in [7, 11) is 0. The predicted molar refractivity (Wildman–Crippen MR) is 123 cm³/mol. The van der Waals surface area contributed by atoms with Crippen molar-refractivity contribution in [1.82, 2.24) is 5.32 Å². The normalized spacial score (nSPS) is 21.2. The molecule has 0 saturated carbocycles. The van der Waals surface area contributed by atoms with Crippen molar-refractivity contribution in [2.45, 2.75) is 56.5 Å². The first-order valence-electron chi connectivity index (χ1n) is 11.4. The van der Waals surface area contributed by atoms with Crippen molar-refractivity contribution in [2.24, 2.45) is 10.3 Å². The lowest BCUT2D eigenvalue weighted by Crippen LogP contribution is -2.43. The summed E-state index contributed by atoms with van der Waals surface area (Å²) in [4.78, 5) is 22.1. The Morgan fingerprint density at radius 1 is 1.07 bits per heavy atom. The van der Waals surface area contributed by atoms with Gasteiger partial charge in [-0.05, 0) is 42.3 Å². The van der Waals surface area contributed by atoms with Gasteiger partial charge in [0.05, 0.1) is 34.9 Å². The van der Waals surface area contributed by atoms with Crippen molar-refractivity contribution in [3.8, 4) is 0 Å². The number of oxime groups is 2. The van der Waals surface area contributed by atoms with E-state index in [1.807, 2.05) is 0 Å².